The predicted octanol–water partition coefficient (Wildman–Crippen LogP) is 6.08. The van der Waals surface area contributed by atoms with E-state index < -0.39 is 5.97 Å². The third kappa shape index (κ3) is 5.33. The van der Waals surface area contributed by atoms with Gasteiger partial charge in [0, 0.05) is 39.7 Å². The van der Waals surface area contributed by atoms with Crippen molar-refractivity contribution in [2.24, 2.45) is 0 Å². The molecule has 3 N–H and O–H groups in total. The molecule has 0 bridgehead atoms. The van der Waals surface area contributed by atoms with E-state index in [-0.39, 0.29) is 17.4 Å². The Hall–Kier alpha value is -3.92. The van der Waals surface area contributed by atoms with Gasteiger partial charge in [0.05, 0.1) is 5.56 Å². The van der Waals surface area contributed by atoms with Crippen molar-refractivity contribution in [3.8, 4) is 34.7 Å². The molecule has 5 rings (SSSR count). The molecule has 1 saturated carbocycles. The number of ether oxygens (including phenoxy) is 1. The molecule has 1 heterocycles. The van der Waals surface area contributed by atoms with Crippen LogP contribution < -0.4 is 10.1 Å². The number of rotatable bonds is 7. The van der Waals surface area contributed by atoms with Gasteiger partial charge in [0.25, 0.3) is 0 Å². The molecule has 0 radical (unpaired) electrons. The van der Waals surface area contributed by atoms with Gasteiger partial charge in [-0.25, -0.2) is 4.79 Å². The first kappa shape index (κ1) is 23.8. The van der Waals surface area contributed by atoms with Crippen molar-refractivity contribution in [1.29, 1.82) is 0 Å². The molecule has 0 aliphatic heterocycles. The van der Waals surface area contributed by atoms with Gasteiger partial charge in [-0.15, -0.1) is 0 Å². The van der Waals surface area contributed by atoms with Crippen LogP contribution in [0.5, 0.6) is 11.5 Å². The highest BCUT2D eigenvalue weighted by molar-refractivity contribution is 6.30. The van der Waals surface area contributed by atoms with Crippen LogP contribution in [0.1, 0.15) is 41.3 Å². The van der Waals surface area contributed by atoms with Crippen molar-refractivity contribution in [3.63, 3.8) is 0 Å². The first-order chi connectivity index (χ1) is 17.4. The summed E-state index contributed by atoms with van der Waals surface area (Å²) >= 11 is 6.09. The molecule has 1 aromatic heterocycles. The quantitative estimate of drug-likeness (QED) is 0.266. The summed E-state index contributed by atoms with van der Waals surface area (Å²) in [5, 5.41) is 24.2. The van der Waals surface area contributed by atoms with Crippen LogP contribution in [0.4, 0.5) is 0 Å². The number of halogens is 1. The number of aromatic hydroxyl groups is 1. The van der Waals surface area contributed by atoms with Gasteiger partial charge in [-0.05, 0) is 68.3 Å². The Morgan fingerprint density at radius 1 is 1.17 bits per heavy atom. The highest BCUT2D eigenvalue weighted by atomic mass is 35.5. The Morgan fingerprint density at radius 3 is 2.64 bits per heavy atom. The molecule has 1 atom stereocenters. The molecule has 4 aromatic rings. The molecule has 6 nitrogen and oxygen atoms in total. The zero-order valence-electron chi connectivity index (χ0n) is 19.5. The molecule has 1 aliphatic carbocycles. The van der Waals surface area contributed by atoms with E-state index in [4.69, 9.17) is 20.8 Å². The molecular weight excluding hydrogens is 478 g/mol. The van der Waals surface area contributed by atoms with E-state index in [1.165, 1.54) is 25.0 Å². The molecule has 3 aromatic carbocycles. The first-order valence-electron chi connectivity index (χ1n) is 11.7. The second-order valence-corrected chi connectivity index (χ2v) is 9.35. The summed E-state index contributed by atoms with van der Waals surface area (Å²) in [4.78, 5) is 11.6. The van der Waals surface area contributed by atoms with E-state index in [0.29, 0.717) is 45.5 Å². The molecule has 36 heavy (non-hydrogen) atoms. The lowest BCUT2D eigenvalue weighted by molar-refractivity contribution is 0.0694. The number of furan rings is 1. The molecule has 1 unspecified atom stereocenters. The fraction of sp³-hybridized carbons (Fsp3) is 0.207. The standard InChI is InChI=1S/C29H24ClNO5/c1-17(31-21-8-9-21)16-35-22-10-6-19(7-11-22)28-23(12-5-18-3-2-4-20(30)13-18)24-14-25(29(33)34)26(32)15-27(24)36-28/h2-4,6-7,10-11,13-15,17,21,31-32H,8-9,16H2,1H3,(H,33,34). The minimum Gasteiger partial charge on any atom is -0.507 e. The van der Waals surface area contributed by atoms with Gasteiger partial charge in [-0.1, -0.05) is 29.5 Å². The number of hydrogen-bond donors (Lipinski definition) is 3. The summed E-state index contributed by atoms with van der Waals surface area (Å²) in [5.41, 5.74) is 2.08. The van der Waals surface area contributed by atoms with Crippen molar-refractivity contribution in [3.05, 3.63) is 82.4 Å². The SMILES string of the molecule is CC(COc1ccc(-c2oc3cc(O)c(C(=O)O)cc3c2C#Cc2cccc(Cl)c2)cc1)NC1CC1. The monoisotopic (exact) mass is 501 g/mol. The highest BCUT2D eigenvalue weighted by Crippen LogP contribution is 2.37. The number of aromatic carboxylic acids is 1. The zero-order chi connectivity index (χ0) is 25.2. The Bertz CT molecular complexity index is 1490. The molecule has 0 amide bonds. The van der Waals surface area contributed by atoms with Crippen molar-refractivity contribution >= 4 is 28.5 Å². The minimum absolute atomic E-state index is 0.224. The van der Waals surface area contributed by atoms with Gasteiger partial charge >= 0.3 is 5.97 Å². The van der Waals surface area contributed by atoms with Crippen molar-refractivity contribution in [1.82, 2.24) is 5.32 Å². The number of carbonyl (C=O) groups is 1. The molecule has 0 saturated heterocycles. The predicted molar refractivity (Wildman–Crippen MR) is 139 cm³/mol. The number of carboxylic acids is 1. The fourth-order valence-corrected chi connectivity index (χ4v) is 4.15. The maximum atomic E-state index is 11.6. The molecular formula is C29H24ClNO5. The van der Waals surface area contributed by atoms with E-state index in [9.17, 15) is 15.0 Å². The van der Waals surface area contributed by atoms with E-state index in [1.807, 2.05) is 30.3 Å². The van der Waals surface area contributed by atoms with E-state index >= 15 is 0 Å². The summed E-state index contributed by atoms with van der Waals surface area (Å²) in [7, 11) is 0. The summed E-state index contributed by atoms with van der Waals surface area (Å²) in [5.74, 6) is 5.80. The third-order valence-corrected chi connectivity index (χ3v) is 6.14. The lowest BCUT2D eigenvalue weighted by atomic mass is 10.0. The van der Waals surface area contributed by atoms with Gasteiger partial charge in [0.15, 0.2) is 5.76 Å². The number of fused-ring (bicyclic) bond motifs is 1. The topological polar surface area (TPSA) is 91.9 Å². The lowest BCUT2D eigenvalue weighted by Crippen LogP contribution is -2.33. The number of carboxylic acid groups (broad SMARTS) is 1. The first-order valence-corrected chi connectivity index (χ1v) is 12.0. The van der Waals surface area contributed by atoms with Crippen LogP contribution in [0.15, 0.2) is 65.1 Å². The number of hydrogen-bond acceptors (Lipinski definition) is 5. The van der Waals surface area contributed by atoms with E-state index in [0.717, 1.165) is 11.3 Å². The van der Waals surface area contributed by atoms with Gasteiger partial charge in [-0.2, -0.15) is 0 Å². The maximum absolute atomic E-state index is 11.6. The van der Waals surface area contributed by atoms with Gasteiger partial charge in [-0.3, -0.25) is 0 Å². The third-order valence-electron chi connectivity index (χ3n) is 5.91. The molecule has 1 aliphatic rings. The summed E-state index contributed by atoms with van der Waals surface area (Å²) in [6.45, 7) is 2.67. The van der Waals surface area contributed by atoms with Crippen LogP contribution in [0, 0.1) is 11.8 Å². The van der Waals surface area contributed by atoms with Gasteiger partial charge < -0.3 is 24.7 Å². The largest absolute Gasteiger partial charge is 0.507 e. The van der Waals surface area contributed by atoms with Crippen LogP contribution in [0.25, 0.3) is 22.3 Å². The number of benzene rings is 3. The zero-order valence-corrected chi connectivity index (χ0v) is 20.3. The Labute approximate surface area is 213 Å². The van der Waals surface area contributed by atoms with Crippen molar-refractivity contribution in [2.45, 2.75) is 31.8 Å². The minimum atomic E-state index is -1.24. The number of nitrogens with one attached hydrogen (secondary N) is 1. The summed E-state index contributed by atoms with van der Waals surface area (Å²) < 4.78 is 12.0. The average Bonchev–Trinajstić information content (AvgIpc) is 3.60. The fourth-order valence-electron chi connectivity index (χ4n) is 3.96. The second kappa shape index (κ2) is 9.98. The second-order valence-electron chi connectivity index (χ2n) is 8.91. The van der Waals surface area contributed by atoms with Crippen LogP contribution in [-0.4, -0.2) is 34.9 Å². The van der Waals surface area contributed by atoms with Crippen LogP contribution in [-0.2, 0) is 0 Å². The summed E-state index contributed by atoms with van der Waals surface area (Å²) in [6.07, 6.45) is 2.45. The Morgan fingerprint density at radius 2 is 1.94 bits per heavy atom. The molecule has 1 fully saturated rings. The maximum Gasteiger partial charge on any atom is 0.339 e. The van der Waals surface area contributed by atoms with Crippen LogP contribution >= 0.6 is 11.6 Å². The van der Waals surface area contributed by atoms with Gasteiger partial charge in [0.2, 0.25) is 0 Å². The molecule has 7 heteroatoms. The van der Waals surface area contributed by atoms with Gasteiger partial charge in [0.1, 0.15) is 29.3 Å². The highest BCUT2D eigenvalue weighted by Gasteiger charge is 2.23. The van der Waals surface area contributed by atoms with Crippen molar-refractivity contribution in [2.75, 3.05) is 6.61 Å². The van der Waals surface area contributed by atoms with E-state index in [2.05, 4.69) is 24.1 Å². The van der Waals surface area contributed by atoms with E-state index in [1.54, 1.807) is 18.2 Å². The lowest BCUT2D eigenvalue weighted by Gasteiger charge is -2.14. The smallest absolute Gasteiger partial charge is 0.339 e. The molecule has 182 valence electrons. The average molecular weight is 502 g/mol. The number of phenols is 1. The van der Waals surface area contributed by atoms with Crippen LogP contribution in [0.3, 0.4) is 0 Å². The molecule has 0 spiro atoms. The van der Waals surface area contributed by atoms with Crippen LogP contribution in [0.2, 0.25) is 5.02 Å². The normalized spacial score (nSPS) is 13.7. The summed E-state index contributed by atoms with van der Waals surface area (Å²) in [6, 6.07) is 18.2. The van der Waals surface area contributed by atoms with Crippen molar-refractivity contribution < 1.29 is 24.2 Å². The Kier molecular flexibility index (Phi) is 6.60. The Balaban J connectivity index is 1.50.